The molecule has 5 heteroatoms. The average Bonchev–Trinajstić information content (AvgIpc) is 3.03. The lowest BCUT2D eigenvalue weighted by atomic mass is 10.3. The Morgan fingerprint density at radius 2 is 2.44 bits per heavy atom. The molecule has 0 saturated carbocycles. The summed E-state index contributed by atoms with van der Waals surface area (Å²) in [5.41, 5.74) is 1.75. The third-order valence-corrected chi connectivity index (χ3v) is 4.31. The summed E-state index contributed by atoms with van der Waals surface area (Å²) in [6.07, 6.45) is 4.56. The predicted octanol–water partition coefficient (Wildman–Crippen LogP) is 2.10. The zero-order chi connectivity index (χ0) is 12.4. The maximum absolute atomic E-state index is 9.49. The van der Waals surface area contributed by atoms with Gasteiger partial charge in [-0.05, 0) is 25.0 Å². The van der Waals surface area contributed by atoms with E-state index in [1.165, 1.54) is 0 Å². The first-order chi connectivity index (χ1) is 8.88. The molecule has 0 bridgehead atoms. The second-order valence-corrected chi connectivity index (χ2v) is 5.41. The minimum Gasteiger partial charge on any atom is -0.390 e. The largest absolute Gasteiger partial charge is 0.390 e. The molecule has 1 unspecified atom stereocenters. The quantitative estimate of drug-likeness (QED) is 0.859. The Morgan fingerprint density at radius 3 is 3.22 bits per heavy atom. The number of hydrogen-bond donors (Lipinski definition) is 1. The van der Waals surface area contributed by atoms with Crippen molar-refractivity contribution in [3.8, 4) is 0 Å². The van der Waals surface area contributed by atoms with Crippen LogP contribution in [0.2, 0.25) is 0 Å². The van der Waals surface area contributed by atoms with E-state index < -0.39 is 0 Å². The molecule has 1 fully saturated rings. The maximum Gasteiger partial charge on any atom is 0.138 e. The molecule has 0 aliphatic carbocycles. The highest BCUT2D eigenvalue weighted by Crippen LogP contribution is 2.27. The molecular formula is C13H16N2O2S. The van der Waals surface area contributed by atoms with Crippen molar-refractivity contribution in [3.63, 3.8) is 0 Å². The van der Waals surface area contributed by atoms with E-state index in [9.17, 15) is 5.11 Å². The second-order valence-electron chi connectivity index (χ2n) is 4.40. The van der Waals surface area contributed by atoms with Crippen LogP contribution in [0.3, 0.4) is 0 Å². The van der Waals surface area contributed by atoms with E-state index in [4.69, 9.17) is 4.74 Å². The van der Waals surface area contributed by atoms with Gasteiger partial charge in [-0.25, -0.2) is 4.98 Å². The summed E-state index contributed by atoms with van der Waals surface area (Å²) in [4.78, 5) is 4.55. The van der Waals surface area contributed by atoms with Gasteiger partial charge in [-0.1, -0.05) is 6.07 Å². The molecule has 0 spiro atoms. The van der Waals surface area contributed by atoms with Gasteiger partial charge in [-0.3, -0.25) is 0 Å². The smallest absolute Gasteiger partial charge is 0.138 e. The predicted molar refractivity (Wildman–Crippen MR) is 70.8 cm³/mol. The lowest BCUT2D eigenvalue weighted by Crippen LogP contribution is -2.08. The van der Waals surface area contributed by atoms with Gasteiger partial charge >= 0.3 is 0 Å². The Morgan fingerprint density at radius 1 is 1.50 bits per heavy atom. The molecule has 1 aliphatic heterocycles. The van der Waals surface area contributed by atoms with Crippen LogP contribution < -0.4 is 0 Å². The van der Waals surface area contributed by atoms with Crippen LogP contribution in [0.4, 0.5) is 0 Å². The summed E-state index contributed by atoms with van der Waals surface area (Å²) in [6, 6.07) is 5.86. The van der Waals surface area contributed by atoms with Crippen molar-refractivity contribution in [1.29, 1.82) is 0 Å². The van der Waals surface area contributed by atoms with Crippen molar-refractivity contribution in [2.24, 2.45) is 0 Å². The Balaban J connectivity index is 1.81. The summed E-state index contributed by atoms with van der Waals surface area (Å²) in [5, 5.41) is 10.4. The van der Waals surface area contributed by atoms with E-state index in [-0.39, 0.29) is 6.61 Å². The standard InChI is InChI=1S/C13H16N2O2S/c16-8-11-13(18-9-10-4-3-7-17-10)14-12-5-1-2-6-15(11)12/h1-2,5-6,10,16H,3-4,7-9H2. The fraction of sp³-hybridized carbons (Fsp3) is 0.462. The molecule has 96 valence electrons. The van der Waals surface area contributed by atoms with Crippen LogP contribution in [-0.2, 0) is 11.3 Å². The van der Waals surface area contributed by atoms with Crippen molar-refractivity contribution >= 4 is 17.4 Å². The van der Waals surface area contributed by atoms with Crippen molar-refractivity contribution in [3.05, 3.63) is 30.1 Å². The molecule has 3 heterocycles. The van der Waals surface area contributed by atoms with E-state index in [1.807, 2.05) is 28.8 Å². The van der Waals surface area contributed by atoms with Gasteiger partial charge in [0.25, 0.3) is 0 Å². The molecular weight excluding hydrogens is 248 g/mol. The molecule has 3 rings (SSSR count). The topological polar surface area (TPSA) is 46.8 Å². The summed E-state index contributed by atoms with van der Waals surface area (Å²) in [5.74, 6) is 0.914. The molecule has 4 nitrogen and oxygen atoms in total. The van der Waals surface area contributed by atoms with Crippen LogP contribution >= 0.6 is 11.8 Å². The van der Waals surface area contributed by atoms with Crippen molar-refractivity contribution in [2.45, 2.75) is 30.6 Å². The van der Waals surface area contributed by atoms with Gasteiger partial charge in [0.15, 0.2) is 0 Å². The van der Waals surface area contributed by atoms with Crippen molar-refractivity contribution in [1.82, 2.24) is 9.38 Å². The number of pyridine rings is 1. The van der Waals surface area contributed by atoms with Gasteiger partial charge in [-0.15, -0.1) is 11.8 Å². The van der Waals surface area contributed by atoms with Gasteiger partial charge < -0.3 is 14.2 Å². The molecule has 1 atom stereocenters. The minimum absolute atomic E-state index is 0.0129. The highest BCUT2D eigenvalue weighted by molar-refractivity contribution is 7.99. The van der Waals surface area contributed by atoms with Gasteiger partial charge in [0.05, 0.1) is 18.4 Å². The number of rotatable bonds is 4. The number of nitrogens with zero attached hydrogens (tertiary/aromatic N) is 2. The highest BCUT2D eigenvalue weighted by Gasteiger charge is 2.18. The van der Waals surface area contributed by atoms with Crippen molar-refractivity contribution in [2.75, 3.05) is 12.4 Å². The van der Waals surface area contributed by atoms with E-state index >= 15 is 0 Å². The fourth-order valence-corrected chi connectivity index (χ4v) is 3.33. The van der Waals surface area contributed by atoms with Crippen LogP contribution in [0.15, 0.2) is 29.4 Å². The molecule has 0 radical (unpaired) electrons. The Labute approximate surface area is 110 Å². The number of ether oxygens (including phenoxy) is 1. The Hall–Kier alpha value is -1.04. The third-order valence-electron chi connectivity index (χ3n) is 3.17. The first-order valence-electron chi connectivity index (χ1n) is 6.19. The van der Waals surface area contributed by atoms with Crippen LogP contribution in [0, 0.1) is 0 Å². The van der Waals surface area contributed by atoms with E-state index in [1.54, 1.807) is 11.8 Å². The second kappa shape index (κ2) is 5.30. The molecule has 1 saturated heterocycles. The first kappa shape index (κ1) is 12.0. The van der Waals surface area contributed by atoms with E-state index in [0.717, 1.165) is 41.6 Å². The SMILES string of the molecule is OCc1c(SCC2CCCO2)nc2ccccn12. The van der Waals surface area contributed by atoms with Gasteiger partial charge in [0.2, 0.25) is 0 Å². The van der Waals surface area contributed by atoms with E-state index in [2.05, 4.69) is 4.98 Å². The fourth-order valence-electron chi connectivity index (χ4n) is 2.23. The third kappa shape index (κ3) is 2.25. The monoisotopic (exact) mass is 264 g/mol. The normalized spacial score (nSPS) is 19.7. The Kier molecular flexibility index (Phi) is 3.54. The lowest BCUT2D eigenvalue weighted by molar-refractivity contribution is 0.129. The number of fused-ring (bicyclic) bond motifs is 1. The van der Waals surface area contributed by atoms with Gasteiger partial charge in [0.1, 0.15) is 10.7 Å². The zero-order valence-corrected chi connectivity index (χ0v) is 10.9. The minimum atomic E-state index is 0.0129. The summed E-state index contributed by atoms with van der Waals surface area (Å²) >= 11 is 1.68. The lowest BCUT2D eigenvalue weighted by Gasteiger charge is -2.07. The van der Waals surface area contributed by atoms with Gasteiger partial charge in [0, 0.05) is 18.6 Å². The number of aliphatic hydroxyl groups is 1. The summed E-state index contributed by atoms with van der Waals surface area (Å²) < 4.78 is 7.55. The molecule has 2 aromatic rings. The number of aromatic nitrogens is 2. The highest BCUT2D eigenvalue weighted by atomic mass is 32.2. The number of imidazole rings is 1. The molecule has 1 N–H and O–H groups in total. The molecule has 18 heavy (non-hydrogen) atoms. The van der Waals surface area contributed by atoms with Crippen LogP contribution in [-0.4, -0.2) is 33.0 Å². The average molecular weight is 264 g/mol. The van der Waals surface area contributed by atoms with E-state index in [0.29, 0.717) is 6.10 Å². The Bertz CT molecular complexity index is 535. The number of aliphatic hydroxyl groups excluding tert-OH is 1. The molecule has 2 aromatic heterocycles. The number of hydrogen-bond acceptors (Lipinski definition) is 4. The summed E-state index contributed by atoms with van der Waals surface area (Å²) in [7, 11) is 0. The van der Waals surface area contributed by atoms with Crippen LogP contribution in [0.25, 0.3) is 5.65 Å². The molecule has 0 amide bonds. The van der Waals surface area contributed by atoms with Gasteiger partial charge in [-0.2, -0.15) is 0 Å². The molecule has 1 aliphatic rings. The maximum atomic E-state index is 9.49. The zero-order valence-electron chi connectivity index (χ0n) is 10.1. The van der Waals surface area contributed by atoms with Crippen molar-refractivity contribution < 1.29 is 9.84 Å². The summed E-state index contributed by atoms with van der Waals surface area (Å²) in [6.45, 7) is 0.891. The van der Waals surface area contributed by atoms with Crippen LogP contribution in [0.5, 0.6) is 0 Å². The first-order valence-corrected chi connectivity index (χ1v) is 7.18. The van der Waals surface area contributed by atoms with Crippen LogP contribution in [0.1, 0.15) is 18.5 Å². The number of thioether (sulfide) groups is 1. The molecule has 0 aromatic carbocycles.